The predicted molar refractivity (Wildman–Crippen MR) is 266 cm³/mol. The van der Waals surface area contributed by atoms with E-state index in [2.05, 4.69) is 172 Å². The molecule has 0 saturated heterocycles. The zero-order valence-electron chi connectivity index (χ0n) is 36.3. The summed E-state index contributed by atoms with van der Waals surface area (Å²) < 4.78 is 0. The molecule has 1 atom stereocenters. The van der Waals surface area contributed by atoms with Gasteiger partial charge in [0.15, 0.2) is 11.7 Å². The van der Waals surface area contributed by atoms with E-state index in [1.807, 2.05) is 68.8 Å². The Balaban J connectivity index is 0.000000641. The maximum atomic E-state index is 4.95. The summed E-state index contributed by atoms with van der Waals surface area (Å²) in [4.78, 5) is 27.1. The lowest BCUT2D eigenvalue weighted by Gasteiger charge is -2.33. The Kier molecular flexibility index (Phi) is 13.8. The second-order valence-corrected chi connectivity index (χ2v) is 15.1. The van der Waals surface area contributed by atoms with Crippen LogP contribution in [-0.2, 0) is 12.0 Å². The molecule has 6 nitrogen and oxygen atoms in total. The van der Waals surface area contributed by atoms with Crippen LogP contribution in [0.3, 0.4) is 0 Å². The largest absolute Gasteiger partial charge is 0.265 e. The Bertz CT molecular complexity index is 2880. The maximum Gasteiger partial charge on any atom is 0.161 e. The number of aliphatic imine (C=N–C) groups is 3. The highest BCUT2D eigenvalue weighted by Gasteiger charge is 2.46. The normalized spacial score (nSPS) is 14.8. The molecule has 3 heterocycles. The molecule has 0 radical (unpaired) electrons. The molecule has 0 N–H and O–H groups in total. The molecular formula is C58H50N6. The third-order valence-electron chi connectivity index (χ3n) is 11.3. The molecule has 64 heavy (non-hydrogen) atoms. The standard InChI is InChI=1S/C50H36N6.C6H8.C2H6/c1-51-48(56-49(40-17-11-27-54-34-40)55-33-35-12-10-26-53-32-35)39-16-8-14-37(31-39)36-13-7-15-38(30-36)43-21-9-23-46-47(43)44-20-5-6-22-45(44)50(46,41-18-3-2-4-19-41)42-24-28-52-29-25-42;1-2-4-6-5-3-1;1-2/h2-32,34H,1,33H2;1-4H,5-6H2;1-2H3. The number of aromatic nitrogens is 3. The van der Waals surface area contributed by atoms with E-state index >= 15 is 0 Å². The number of nitrogens with zero attached hydrogens (tertiary/aromatic N) is 6. The molecule has 0 bridgehead atoms. The molecule has 2 aliphatic rings. The highest BCUT2D eigenvalue weighted by molar-refractivity contribution is 6.13. The SMILES string of the molecule is C1=CCCC=C1.C=NC(=NC(=NCc1cccnc1)c1cccnc1)c1cccc(-c2cccc(-c3cccc4c3-c3ccccc3C4(c3ccccc3)c3ccncc3)c2)c1.CC. The van der Waals surface area contributed by atoms with Gasteiger partial charge in [0.25, 0.3) is 0 Å². The third-order valence-corrected chi connectivity index (χ3v) is 11.3. The Labute approximate surface area is 377 Å². The molecule has 0 amide bonds. The van der Waals surface area contributed by atoms with Crippen molar-refractivity contribution >= 4 is 18.4 Å². The highest BCUT2D eigenvalue weighted by Crippen LogP contribution is 2.58. The molecule has 0 aliphatic heterocycles. The number of hydrogen-bond donors (Lipinski definition) is 0. The van der Waals surface area contributed by atoms with Crippen molar-refractivity contribution in [3.63, 3.8) is 0 Å². The van der Waals surface area contributed by atoms with Gasteiger partial charge in [0, 0.05) is 48.3 Å². The number of benzene rings is 5. The maximum absolute atomic E-state index is 4.95. The molecule has 3 aromatic heterocycles. The van der Waals surface area contributed by atoms with Gasteiger partial charge in [0.05, 0.1) is 12.0 Å². The van der Waals surface area contributed by atoms with Crippen LogP contribution in [0.4, 0.5) is 0 Å². The molecule has 2 aliphatic carbocycles. The molecule has 10 rings (SSSR count). The lowest BCUT2D eigenvalue weighted by molar-refractivity contribution is 0.766. The van der Waals surface area contributed by atoms with E-state index < -0.39 is 5.41 Å². The summed E-state index contributed by atoms with van der Waals surface area (Å²) in [5.74, 6) is 0.996. The summed E-state index contributed by atoms with van der Waals surface area (Å²) in [6.45, 7) is 8.32. The minimum atomic E-state index is -0.499. The predicted octanol–water partition coefficient (Wildman–Crippen LogP) is 13.6. The summed E-state index contributed by atoms with van der Waals surface area (Å²) in [7, 11) is 0. The van der Waals surface area contributed by atoms with Crippen LogP contribution < -0.4 is 0 Å². The minimum Gasteiger partial charge on any atom is -0.265 e. The van der Waals surface area contributed by atoms with Crippen molar-refractivity contribution in [2.24, 2.45) is 15.0 Å². The molecule has 312 valence electrons. The lowest BCUT2D eigenvalue weighted by Crippen LogP contribution is -2.28. The van der Waals surface area contributed by atoms with Crippen LogP contribution in [0, 0.1) is 0 Å². The van der Waals surface area contributed by atoms with Crippen molar-refractivity contribution in [2.75, 3.05) is 0 Å². The summed E-state index contributed by atoms with van der Waals surface area (Å²) in [6, 6.07) is 55.5. The monoisotopic (exact) mass is 830 g/mol. The summed E-state index contributed by atoms with van der Waals surface area (Å²) in [5, 5.41) is 0. The van der Waals surface area contributed by atoms with Crippen molar-refractivity contribution in [1.82, 2.24) is 15.0 Å². The van der Waals surface area contributed by atoms with Crippen molar-refractivity contribution in [1.29, 1.82) is 0 Å². The lowest BCUT2D eigenvalue weighted by atomic mass is 9.68. The van der Waals surface area contributed by atoms with E-state index in [4.69, 9.17) is 9.98 Å². The van der Waals surface area contributed by atoms with Crippen molar-refractivity contribution in [3.05, 3.63) is 258 Å². The van der Waals surface area contributed by atoms with Crippen LogP contribution >= 0.6 is 0 Å². The van der Waals surface area contributed by atoms with E-state index in [0.29, 0.717) is 18.2 Å². The number of amidine groups is 2. The van der Waals surface area contributed by atoms with Gasteiger partial charge in [-0.2, -0.15) is 0 Å². The van der Waals surface area contributed by atoms with Crippen LogP contribution in [0.1, 0.15) is 65.6 Å². The van der Waals surface area contributed by atoms with E-state index in [-0.39, 0.29) is 0 Å². The molecule has 6 heteroatoms. The van der Waals surface area contributed by atoms with Crippen molar-refractivity contribution in [3.8, 4) is 33.4 Å². The van der Waals surface area contributed by atoms with Gasteiger partial charge in [-0.3, -0.25) is 19.9 Å². The average molecular weight is 831 g/mol. The van der Waals surface area contributed by atoms with E-state index in [0.717, 1.165) is 33.4 Å². The second-order valence-electron chi connectivity index (χ2n) is 15.1. The highest BCUT2D eigenvalue weighted by atomic mass is 15.0. The first kappa shape index (κ1) is 42.7. The number of pyridine rings is 3. The zero-order valence-corrected chi connectivity index (χ0v) is 36.3. The molecule has 8 aromatic rings. The molecule has 5 aromatic carbocycles. The van der Waals surface area contributed by atoms with Gasteiger partial charge in [-0.1, -0.05) is 153 Å². The van der Waals surface area contributed by atoms with Gasteiger partial charge in [0.1, 0.15) is 0 Å². The first-order chi connectivity index (χ1) is 31.7. The Hall–Kier alpha value is -7.96. The first-order valence-corrected chi connectivity index (χ1v) is 21.9. The Morgan fingerprint density at radius 3 is 1.86 bits per heavy atom. The summed E-state index contributed by atoms with van der Waals surface area (Å²) in [5.41, 5.74) is 14.0. The smallest absolute Gasteiger partial charge is 0.161 e. The average Bonchev–Trinajstić information content (AvgIpc) is 3.70. The van der Waals surface area contributed by atoms with Crippen LogP contribution in [0.25, 0.3) is 33.4 Å². The summed E-state index contributed by atoms with van der Waals surface area (Å²) >= 11 is 0. The Morgan fingerprint density at radius 2 is 1.16 bits per heavy atom. The Morgan fingerprint density at radius 1 is 0.531 bits per heavy atom. The van der Waals surface area contributed by atoms with E-state index in [1.165, 1.54) is 51.8 Å². The van der Waals surface area contributed by atoms with E-state index in [1.54, 1.807) is 18.6 Å². The van der Waals surface area contributed by atoms with Crippen molar-refractivity contribution < 1.29 is 0 Å². The first-order valence-electron chi connectivity index (χ1n) is 21.9. The fourth-order valence-electron chi connectivity index (χ4n) is 8.53. The van der Waals surface area contributed by atoms with Gasteiger partial charge in [-0.05, 0) is 123 Å². The topological polar surface area (TPSA) is 75.8 Å². The van der Waals surface area contributed by atoms with Crippen LogP contribution in [0.5, 0.6) is 0 Å². The van der Waals surface area contributed by atoms with E-state index in [9.17, 15) is 0 Å². The molecule has 1 unspecified atom stereocenters. The molecular weight excluding hydrogens is 781 g/mol. The molecule has 0 fully saturated rings. The second kappa shape index (κ2) is 20.7. The summed E-state index contributed by atoms with van der Waals surface area (Å²) in [6.07, 6.45) is 21.8. The van der Waals surface area contributed by atoms with Crippen LogP contribution in [0.15, 0.2) is 234 Å². The fourth-order valence-corrected chi connectivity index (χ4v) is 8.53. The number of rotatable bonds is 8. The van der Waals surface area contributed by atoms with Gasteiger partial charge in [0.2, 0.25) is 0 Å². The van der Waals surface area contributed by atoms with Gasteiger partial charge >= 0.3 is 0 Å². The number of fused-ring (bicyclic) bond motifs is 3. The van der Waals surface area contributed by atoms with Crippen LogP contribution in [-0.4, -0.2) is 33.3 Å². The number of hydrogen-bond acceptors (Lipinski definition) is 4. The number of allylic oxidation sites excluding steroid dienone is 4. The third kappa shape index (κ3) is 8.99. The van der Waals surface area contributed by atoms with Gasteiger partial charge < -0.3 is 0 Å². The fraction of sp³-hybridized carbons (Fsp3) is 0.103. The van der Waals surface area contributed by atoms with Gasteiger partial charge in [-0.25, -0.2) is 9.98 Å². The quantitative estimate of drug-likeness (QED) is 0.113. The van der Waals surface area contributed by atoms with Crippen molar-refractivity contribution in [2.45, 2.75) is 38.6 Å². The minimum absolute atomic E-state index is 0.418. The zero-order chi connectivity index (χ0) is 44.0. The van der Waals surface area contributed by atoms with Crippen LogP contribution in [0.2, 0.25) is 0 Å². The van der Waals surface area contributed by atoms with Gasteiger partial charge in [-0.15, -0.1) is 0 Å². The molecule has 0 spiro atoms. The molecule has 0 saturated carbocycles.